The summed E-state index contributed by atoms with van der Waals surface area (Å²) in [7, 11) is 0. The van der Waals surface area contributed by atoms with Crippen molar-refractivity contribution in [1.29, 1.82) is 0 Å². The van der Waals surface area contributed by atoms with Gasteiger partial charge >= 0.3 is 18.1 Å². The lowest BCUT2D eigenvalue weighted by atomic mass is 9.92. The van der Waals surface area contributed by atoms with Crippen molar-refractivity contribution < 1.29 is 49.3 Å². The normalized spacial score (nSPS) is 13.1. The molecule has 0 aliphatic heterocycles. The van der Waals surface area contributed by atoms with Crippen molar-refractivity contribution in [2.75, 3.05) is 6.61 Å². The quantitative estimate of drug-likeness (QED) is 0.0328. The van der Waals surface area contributed by atoms with Crippen LogP contribution in [0.25, 0.3) is 0 Å². The molecule has 0 saturated heterocycles. The van der Waals surface area contributed by atoms with Crippen LogP contribution in [0.4, 0.5) is 4.79 Å². The Balaban J connectivity index is 3.99. The highest BCUT2D eigenvalue weighted by Gasteiger charge is 2.34. The van der Waals surface area contributed by atoms with E-state index in [-0.39, 0.29) is 12.8 Å². The average Bonchev–Trinajstić information content (AvgIpc) is 3.12. The van der Waals surface area contributed by atoms with Crippen LogP contribution < -0.4 is 0 Å². The summed E-state index contributed by atoms with van der Waals surface area (Å²) < 4.78 is 0. The number of aliphatic hydroxyl groups excluding tert-OH is 3. The zero-order valence-electron chi connectivity index (χ0n) is 32.1. The van der Waals surface area contributed by atoms with Crippen molar-refractivity contribution >= 4 is 18.1 Å². The van der Waals surface area contributed by atoms with Crippen molar-refractivity contribution in [3.8, 4) is 0 Å². The maximum absolute atomic E-state index is 12.6. The predicted molar refractivity (Wildman–Crippen MR) is 197 cm³/mol. The average molecular weight is 717 g/mol. The van der Waals surface area contributed by atoms with Gasteiger partial charge in [0, 0.05) is 0 Å². The van der Waals surface area contributed by atoms with Gasteiger partial charge in [-0.2, -0.15) is 4.79 Å². The van der Waals surface area contributed by atoms with Gasteiger partial charge in [0.05, 0.1) is 25.0 Å². The Morgan fingerprint density at radius 3 is 1.18 bits per heavy atom. The molecule has 0 bridgehead atoms. The maximum Gasteiger partial charge on any atom is 0.591 e. The molecule has 10 heteroatoms. The summed E-state index contributed by atoms with van der Waals surface area (Å²) in [6.45, 7) is 3.73. The fraction of sp³-hybridized carbons (Fsp3) is 0.925. The molecule has 10 nitrogen and oxygen atoms in total. The zero-order valence-corrected chi connectivity index (χ0v) is 32.1. The second-order valence-electron chi connectivity index (χ2n) is 14.2. The molecule has 0 rings (SSSR count). The Morgan fingerprint density at radius 1 is 0.460 bits per heavy atom. The van der Waals surface area contributed by atoms with Gasteiger partial charge in [0.1, 0.15) is 6.10 Å². The van der Waals surface area contributed by atoms with E-state index in [1.165, 1.54) is 128 Å². The molecule has 0 amide bonds. The van der Waals surface area contributed by atoms with Crippen molar-refractivity contribution in [2.45, 2.75) is 225 Å². The molecule has 3 unspecified atom stereocenters. The van der Waals surface area contributed by atoms with Crippen LogP contribution in [0.5, 0.6) is 0 Å². The van der Waals surface area contributed by atoms with Crippen LogP contribution in [0.1, 0.15) is 213 Å². The number of hydrogen-bond donors (Lipinski definition) is 3. The number of carbonyl (C=O) groups is 3. The first kappa shape index (κ1) is 48.1. The molecule has 296 valence electrons. The Bertz CT molecular complexity index is 777. The first-order chi connectivity index (χ1) is 24.4. The van der Waals surface area contributed by atoms with Crippen LogP contribution in [0, 0.1) is 5.92 Å². The van der Waals surface area contributed by atoms with Crippen LogP contribution >= 0.6 is 0 Å². The standard InChI is InChI=1S/C40H76O10/c1-3-5-7-9-11-13-15-17-19-21-23-25-27-29-31-33-37(43)47-49-40(46)50-48-39(45)35(38(44)36(42)34-41)32-30-28-26-24-22-20-18-16-14-12-10-8-6-4-2/h35-36,38,41-42,44H,3-34H2,1-2H3. The monoisotopic (exact) mass is 717 g/mol. The summed E-state index contributed by atoms with van der Waals surface area (Å²) in [5.41, 5.74) is 0. The first-order valence-corrected chi connectivity index (χ1v) is 20.6. The Morgan fingerprint density at radius 2 is 0.800 bits per heavy atom. The second kappa shape index (κ2) is 36.9. The van der Waals surface area contributed by atoms with Gasteiger partial charge in [0.25, 0.3) is 0 Å². The van der Waals surface area contributed by atoms with Crippen molar-refractivity contribution in [2.24, 2.45) is 5.92 Å². The minimum Gasteiger partial charge on any atom is -0.394 e. The molecule has 3 atom stereocenters. The van der Waals surface area contributed by atoms with E-state index in [2.05, 4.69) is 33.4 Å². The largest absolute Gasteiger partial charge is 0.591 e. The molecular formula is C40H76O10. The fourth-order valence-electron chi connectivity index (χ4n) is 6.28. The topological polar surface area (TPSA) is 149 Å². The summed E-state index contributed by atoms with van der Waals surface area (Å²) in [4.78, 5) is 53.8. The molecule has 50 heavy (non-hydrogen) atoms. The van der Waals surface area contributed by atoms with Crippen LogP contribution in [-0.4, -0.2) is 52.2 Å². The third-order valence-corrected chi connectivity index (χ3v) is 9.54. The minimum atomic E-state index is -1.61. The molecular weight excluding hydrogens is 640 g/mol. The second-order valence-corrected chi connectivity index (χ2v) is 14.2. The summed E-state index contributed by atoms with van der Waals surface area (Å²) in [5, 5.41) is 29.5. The van der Waals surface area contributed by atoms with Crippen LogP contribution in [0.3, 0.4) is 0 Å². The maximum atomic E-state index is 12.6. The SMILES string of the molecule is CCCCCCCCCCCCCCCCCC(=O)OOC(=O)OOC(=O)C(CCCCCCCCCCCCCCCC)C(O)C(O)CO. The van der Waals surface area contributed by atoms with E-state index >= 15 is 0 Å². The van der Waals surface area contributed by atoms with Gasteiger partial charge in [-0.1, -0.05) is 194 Å². The van der Waals surface area contributed by atoms with E-state index in [0.717, 1.165) is 44.9 Å². The van der Waals surface area contributed by atoms with E-state index in [9.17, 15) is 29.7 Å². The summed E-state index contributed by atoms with van der Waals surface area (Å²) in [5.74, 6) is -3.06. The molecule has 0 saturated carbocycles. The molecule has 0 fully saturated rings. The highest BCUT2D eigenvalue weighted by molar-refractivity contribution is 5.74. The van der Waals surface area contributed by atoms with Crippen molar-refractivity contribution in [3.63, 3.8) is 0 Å². The van der Waals surface area contributed by atoms with Gasteiger partial charge in [-0.05, 0) is 12.8 Å². The molecule has 0 spiro atoms. The van der Waals surface area contributed by atoms with E-state index < -0.39 is 42.8 Å². The third-order valence-electron chi connectivity index (χ3n) is 9.54. The number of carbonyl (C=O) groups excluding carboxylic acids is 3. The van der Waals surface area contributed by atoms with E-state index in [1.807, 2.05) is 0 Å². The van der Waals surface area contributed by atoms with E-state index in [1.54, 1.807) is 0 Å². The predicted octanol–water partition coefficient (Wildman–Crippen LogP) is 10.5. The molecule has 0 radical (unpaired) electrons. The molecule has 0 aromatic heterocycles. The van der Waals surface area contributed by atoms with Gasteiger partial charge in [0.2, 0.25) is 0 Å². The van der Waals surface area contributed by atoms with Gasteiger partial charge in [-0.25, -0.2) is 29.1 Å². The van der Waals surface area contributed by atoms with Crippen LogP contribution in [0.2, 0.25) is 0 Å². The molecule has 0 aliphatic rings. The summed E-state index contributed by atoms with van der Waals surface area (Å²) in [6.07, 6.45) is 30.0. The Kier molecular flexibility index (Phi) is 35.5. The lowest BCUT2D eigenvalue weighted by Gasteiger charge is -2.23. The molecule has 0 heterocycles. The van der Waals surface area contributed by atoms with E-state index in [0.29, 0.717) is 12.8 Å². The Labute approximate surface area is 304 Å². The molecule has 0 aromatic carbocycles. The van der Waals surface area contributed by atoms with E-state index in [4.69, 9.17) is 0 Å². The minimum absolute atomic E-state index is 0.0812. The van der Waals surface area contributed by atoms with Crippen molar-refractivity contribution in [3.05, 3.63) is 0 Å². The van der Waals surface area contributed by atoms with Gasteiger partial charge in [0.15, 0.2) is 0 Å². The number of rotatable bonds is 35. The van der Waals surface area contributed by atoms with Gasteiger partial charge in [-0.3, -0.25) is 0 Å². The Hall–Kier alpha value is -1.91. The summed E-state index contributed by atoms with van der Waals surface area (Å²) >= 11 is 0. The van der Waals surface area contributed by atoms with Crippen molar-refractivity contribution in [1.82, 2.24) is 0 Å². The van der Waals surface area contributed by atoms with Crippen LogP contribution in [0.15, 0.2) is 0 Å². The highest BCUT2D eigenvalue weighted by Crippen LogP contribution is 2.21. The summed E-state index contributed by atoms with van der Waals surface area (Å²) in [6, 6.07) is 0. The molecule has 3 N–H and O–H groups in total. The van der Waals surface area contributed by atoms with Crippen LogP contribution in [-0.2, 0) is 29.1 Å². The first-order valence-electron chi connectivity index (χ1n) is 20.6. The molecule has 0 aromatic rings. The lowest BCUT2D eigenvalue weighted by Crippen LogP contribution is -2.40. The zero-order chi connectivity index (χ0) is 36.9. The lowest BCUT2D eigenvalue weighted by molar-refractivity contribution is -0.296. The number of aliphatic hydroxyl groups is 3. The number of unbranched alkanes of at least 4 members (excludes halogenated alkanes) is 27. The van der Waals surface area contributed by atoms with Gasteiger partial charge in [-0.15, -0.1) is 0 Å². The highest BCUT2D eigenvalue weighted by atomic mass is 17.3. The molecule has 0 aliphatic carbocycles. The number of hydrogen-bond acceptors (Lipinski definition) is 10. The third kappa shape index (κ3) is 30.9. The fourth-order valence-corrected chi connectivity index (χ4v) is 6.28. The van der Waals surface area contributed by atoms with Gasteiger partial charge < -0.3 is 15.3 Å². The smallest absolute Gasteiger partial charge is 0.394 e.